The number of nitrogens with zero attached hydrogens (tertiary/aromatic N) is 1. The molecule has 2 heterocycles. The van der Waals surface area contributed by atoms with Crippen LogP contribution in [0.25, 0.3) is 0 Å². The number of carbonyl (C=O) groups excluding carboxylic acids is 1. The molecule has 0 spiro atoms. The Morgan fingerprint density at radius 2 is 2.47 bits per heavy atom. The summed E-state index contributed by atoms with van der Waals surface area (Å²) in [4.78, 5) is 19.7. The molecule has 2 rings (SSSR count). The van der Waals surface area contributed by atoms with Crippen LogP contribution in [0, 0.1) is 5.41 Å². The van der Waals surface area contributed by atoms with Crippen LogP contribution in [-0.2, 0) is 11.2 Å². The van der Waals surface area contributed by atoms with E-state index in [0.717, 1.165) is 51.0 Å². The zero-order valence-electron chi connectivity index (χ0n) is 11.7. The summed E-state index contributed by atoms with van der Waals surface area (Å²) in [6.07, 6.45) is 8.40. The van der Waals surface area contributed by atoms with Crippen molar-refractivity contribution in [1.29, 1.82) is 0 Å². The van der Waals surface area contributed by atoms with Crippen LogP contribution < -0.4 is 10.6 Å². The monoisotopic (exact) mass is 264 g/mol. The lowest BCUT2D eigenvalue weighted by Gasteiger charge is -2.36. The van der Waals surface area contributed by atoms with Crippen molar-refractivity contribution in [3.05, 3.63) is 18.2 Å². The number of hydrogen-bond acceptors (Lipinski definition) is 3. The molecule has 3 N–H and O–H groups in total. The number of nitrogens with one attached hydrogen (secondary N) is 3. The van der Waals surface area contributed by atoms with Gasteiger partial charge < -0.3 is 15.6 Å². The van der Waals surface area contributed by atoms with Gasteiger partial charge in [-0.3, -0.25) is 4.79 Å². The Bertz CT molecular complexity index is 377. The minimum Gasteiger partial charge on any atom is -0.355 e. The van der Waals surface area contributed by atoms with E-state index in [1.165, 1.54) is 0 Å². The van der Waals surface area contributed by atoms with Crippen molar-refractivity contribution in [2.45, 2.75) is 39.0 Å². The average Bonchev–Trinajstić information content (AvgIpc) is 2.93. The minimum atomic E-state index is -0.198. The zero-order chi connectivity index (χ0) is 13.6. The van der Waals surface area contributed by atoms with Crippen molar-refractivity contribution in [2.75, 3.05) is 19.6 Å². The van der Waals surface area contributed by atoms with Gasteiger partial charge in [0.1, 0.15) is 5.82 Å². The molecule has 19 heavy (non-hydrogen) atoms. The predicted molar refractivity (Wildman–Crippen MR) is 74.7 cm³/mol. The zero-order valence-corrected chi connectivity index (χ0v) is 11.7. The van der Waals surface area contributed by atoms with Gasteiger partial charge in [-0.2, -0.15) is 0 Å². The van der Waals surface area contributed by atoms with Crippen LogP contribution in [0.5, 0.6) is 0 Å². The first-order valence-electron chi connectivity index (χ1n) is 7.24. The van der Waals surface area contributed by atoms with Gasteiger partial charge in [-0.05, 0) is 25.8 Å². The first-order chi connectivity index (χ1) is 9.27. The van der Waals surface area contributed by atoms with E-state index in [1.807, 2.05) is 0 Å². The van der Waals surface area contributed by atoms with Crippen LogP contribution in [0.15, 0.2) is 12.4 Å². The quantitative estimate of drug-likeness (QED) is 0.724. The third-order valence-electron chi connectivity index (χ3n) is 3.88. The first-order valence-corrected chi connectivity index (χ1v) is 7.24. The van der Waals surface area contributed by atoms with Crippen molar-refractivity contribution in [3.63, 3.8) is 0 Å². The summed E-state index contributed by atoms with van der Waals surface area (Å²) in [5.41, 5.74) is -0.198. The summed E-state index contributed by atoms with van der Waals surface area (Å²) in [6.45, 7) is 4.64. The highest BCUT2D eigenvalue weighted by Gasteiger charge is 2.38. The Morgan fingerprint density at radius 1 is 1.58 bits per heavy atom. The molecule has 0 radical (unpaired) electrons. The van der Waals surface area contributed by atoms with E-state index in [4.69, 9.17) is 0 Å². The molecule has 1 saturated heterocycles. The molecular weight excluding hydrogens is 240 g/mol. The van der Waals surface area contributed by atoms with Gasteiger partial charge in [0.15, 0.2) is 0 Å². The van der Waals surface area contributed by atoms with Gasteiger partial charge in [0, 0.05) is 31.9 Å². The third kappa shape index (κ3) is 3.56. The van der Waals surface area contributed by atoms with Gasteiger partial charge in [0.2, 0.25) is 5.91 Å². The number of aromatic nitrogens is 2. The molecule has 1 unspecified atom stereocenters. The van der Waals surface area contributed by atoms with Crippen molar-refractivity contribution >= 4 is 5.91 Å². The van der Waals surface area contributed by atoms with Gasteiger partial charge in [-0.1, -0.05) is 13.3 Å². The van der Waals surface area contributed by atoms with Gasteiger partial charge in [-0.15, -0.1) is 0 Å². The number of piperidine rings is 1. The number of hydrogen-bond donors (Lipinski definition) is 3. The fraction of sp³-hybridized carbons (Fsp3) is 0.714. The van der Waals surface area contributed by atoms with Crippen molar-refractivity contribution < 1.29 is 4.79 Å². The Hall–Kier alpha value is -1.36. The van der Waals surface area contributed by atoms with E-state index >= 15 is 0 Å². The number of imidazole rings is 1. The maximum atomic E-state index is 12.5. The molecule has 1 fully saturated rings. The van der Waals surface area contributed by atoms with Crippen LogP contribution in [0.1, 0.15) is 38.4 Å². The highest BCUT2D eigenvalue weighted by molar-refractivity contribution is 5.83. The predicted octanol–water partition coefficient (Wildman–Crippen LogP) is 1.24. The maximum Gasteiger partial charge on any atom is 0.227 e. The molecule has 0 aromatic carbocycles. The summed E-state index contributed by atoms with van der Waals surface area (Å²) in [5.74, 6) is 1.12. The standard InChI is InChI=1S/C14H24N4O/c1-2-5-14(6-3-7-15-11-14)13(19)18-8-4-12-16-9-10-17-12/h9-10,15H,2-8,11H2,1H3,(H,16,17)(H,18,19). The Labute approximate surface area is 114 Å². The van der Waals surface area contributed by atoms with Crippen LogP contribution in [0.4, 0.5) is 0 Å². The van der Waals surface area contributed by atoms with Crippen LogP contribution >= 0.6 is 0 Å². The summed E-state index contributed by atoms with van der Waals surface area (Å²) in [6, 6.07) is 0. The van der Waals surface area contributed by atoms with E-state index in [1.54, 1.807) is 12.4 Å². The number of rotatable bonds is 6. The topological polar surface area (TPSA) is 69.8 Å². The highest BCUT2D eigenvalue weighted by Crippen LogP contribution is 2.31. The Morgan fingerprint density at radius 3 is 3.11 bits per heavy atom. The summed E-state index contributed by atoms with van der Waals surface area (Å²) in [5, 5.41) is 6.44. The van der Waals surface area contributed by atoms with Gasteiger partial charge in [-0.25, -0.2) is 4.98 Å². The second-order valence-electron chi connectivity index (χ2n) is 5.35. The fourth-order valence-corrected chi connectivity index (χ4v) is 2.88. The van der Waals surface area contributed by atoms with Crippen LogP contribution in [0.2, 0.25) is 0 Å². The van der Waals surface area contributed by atoms with E-state index in [-0.39, 0.29) is 11.3 Å². The largest absolute Gasteiger partial charge is 0.355 e. The van der Waals surface area contributed by atoms with Crippen molar-refractivity contribution in [3.8, 4) is 0 Å². The Balaban J connectivity index is 1.85. The molecule has 0 aliphatic carbocycles. The van der Waals surface area contributed by atoms with Crippen LogP contribution in [-0.4, -0.2) is 35.5 Å². The van der Waals surface area contributed by atoms with Gasteiger partial charge >= 0.3 is 0 Å². The molecule has 5 heteroatoms. The lowest BCUT2D eigenvalue weighted by atomic mass is 9.76. The Kier molecular flexibility index (Phi) is 4.96. The molecule has 1 aliphatic rings. The van der Waals surface area contributed by atoms with Gasteiger partial charge in [0.05, 0.1) is 5.41 Å². The molecule has 106 valence electrons. The lowest BCUT2D eigenvalue weighted by molar-refractivity contribution is -0.132. The summed E-state index contributed by atoms with van der Waals surface area (Å²) >= 11 is 0. The lowest BCUT2D eigenvalue weighted by Crippen LogP contribution is -2.50. The number of aromatic amines is 1. The smallest absolute Gasteiger partial charge is 0.227 e. The SMILES string of the molecule is CCCC1(C(=O)NCCc2ncc[nH]2)CCCNC1. The summed E-state index contributed by atoms with van der Waals surface area (Å²) < 4.78 is 0. The van der Waals surface area contributed by atoms with E-state index in [2.05, 4.69) is 27.5 Å². The highest BCUT2D eigenvalue weighted by atomic mass is 16.2. The fourth-order valence-electron chi connectivity index (χ4n) is 2.88. The average molecular weight is 264 g/mol. The minimum absolute atomic E-state index is 0.198. The molecule has 0 saturated carbocycles. The number of amides is 1. The van der Waals surface area contributed by atoms with Crippen molar-refractivity contribution in [1.82, 2.24) is 20.6 Å². The van der Waals surface area contributed by atoms with Crippen molar-refractivity contribution in [2.24, 2.45) is 5.41 Å². The second-order valence-corrected chi connectivity index (χ2v) is 5.35. The van der Waals surface area contributed by atoms with Crippen LogP contribution in [0.3, 0.4) is 0 Å². The number of carbonyl (C=O) groups is 1. The molecule has 5 nitrogen and oxygen atoms in total. The molecule has 1 amide bonds. The number of H-pyrrole nitrogens is 1. The maximum absolute atomic E-state index is 12.5. The summed E-state index contributed by atoms with van der Waals surface area (Å²) in [7, 11) is 0. The van der Waals surface area contributed by atoms with E-state index in [9.17, 15) is 4.79 Å². The molecule has 1 aromatic rings. The molecule has 0 bridgehead atoms. The normalized spacial score (nSPS) is 23.2. The third-order valence-corrected chi connectivity index (χ3v) is 3.88. The van der Waals surface area contributed by atoms with E-state index in [0.29, 0.717) is 6.54 Å². The molecule has 1 aliphatic heterocycles. The second kappa shape index (κ2) is 6.70. The van der Waals surface area contributed by atoms with E-state index < -0.39 is 0 Å². The van der Waals surface area contributed by atoms with Gasteiger partial charge in [0.25, 0.3) is 0 Å². The molecule has 1 atom stereocenters. The first kappa shape index (κ1) is 14.1. The molecule has 1 aromatic heterocycles. The molecular formula is C14H24N4O.